The minimum atomic E-state index is -1.35. The third-order valence-corrected chi connectivity index (χ3v) is 5.13. The third-order valence-electron chi connectivity index (χ3n) is 5.13. The molecule has 1 saturated carbocycles. The average Bonchev–Trinajstić information content (AvgIpc) is 2.97. The van der Waals surface area contributed by atoms with Crippen LogP contribution in [0.5, 0.6) is 0 Å². The number of ether oxygens (including phenoxy) is 1. The van der Waals surface area contributed by atoms with Gasteiger partial charge in [-0.25, -0.2) is 9.31 Å². The number of pyridine rings is 1. The molecule has 3 rings (SSSR count). The first kappa shape index (κ1) is 16.4. The fourth-order valence-electron chi connectivity index (χ4n) is 3.41. The lowest BCUT2D eigenvalue weighted by Crippen LogP contribution is -2.76. The van der Waals surface area contributed by atoms with Gasteiger partial charge in [0.2, 0.25) is 0 Å². The highest BCUT2D eigenvalue weighted by Crippen LogP contribution is 2.51. The maximum atomic E-state index is 12.7. The molecule has 2 aromatic rings. The van der Waals surface area contributed by atoms with E-state index < -0.39 is 22.8 Å². The molecule has 0 unspecified atom stereocenters. The van der Waals surface area contributed by atoms with Crippen molar-refractivity contribution in [3.05, 3.63) is 36.2 Å². The number of hydrogen-bond acceptors (Lipinski definition) is 4. The first-order valence-corrected chi connectivity index (χ1v) is 7.93. The molecule has 0 radical (unpaired) electrons. The number of carbonyl (C=O) groups is 2. The molecule has 7 heteroatoms. The molecule has 2 N–H and O–H groups in total. The van der Waals surface area contributed by atoms with Gasteiger partial charge >= 0.3 is 5.97 Å². The second-order valence-electron chi connectivity index (χ2n) is 6.62. The number of aromatic nitrogens is 2. The van der Waals surface area contributed by atoms with Crippen LogP contribution in [0.15, 0.2) is 30.6 Å². The van der Waals surface area contributed by atoms with Crippen LogP contribution in [0.2, 0.25) is 0 Å². The summed E-state index contributed by atoms with van der Waals surface area (Å²) in [5.74, 6) is -1.49. The lowest BCUT2D eigenvalue weighted by Gasteiger charge is -2.58. The van der Waals surface area contributed by atoms with Crippen LogP contribution < -0.4 is 5.32 Å². The zero-order valence-electron chi connectivity index (χ0n) is 13.9. The molecule has 2 heterocycles. The number of carbonyl (C=O) groups excluding carboxylic acids is 1. The predicted octanol–water partition coefficient (Wildman–Crippen LogP) is 1.72. The summed E-state index contributed by atoms with van der Waals surface area (Å²) in [6.45, 7) is 5.99. The predicted molar refractivity (Wildman–Crippen MR) is 86.8 cm³/mol. The average molecular weight is 331 g/mol. The summed E-state index contributed by atoms with van der Waals surface area (Å²) < 4.78 is 7.19. The van der Waals surface area contributed by atoms with Crippen LogP contribution in [-0.2, 0) is 9.53 Å². The third kappa shape index (κ3) is 2.19. The molecule has 1 fully saturated rings. The Kier molecular flexibility index (Phi) is 3.83. The van der Waals surface area contributed by atoms with E-state index in [1.54, 1.807) is 36.7 Å². The molecule has 0 aliphatic heterocycles. The largest absolute Gasteiger partial charge is 0.479 e. The number of nitrogens with one attached hydrogen (secondary N) is 1. The van der Waals surface area contributed by atoms with Crippen molar-refractivity contribution in [1.82, 2.24) is 14.9 Å². The van der Waals surface area contributed by atoms with Crippen LogP contribution in [0.4, 0.5) is 0 Å². The van der Waals surface area contributed by atoms with Crippen LogP contribution in [-0.4, -0.2) is 44.8 Å². The number of rotatable bonds is 5. The number of carboxylic acids is 1. The first-order chi connectivity index (χ1) is 11.3. The van der Waals surface area contributed by atoms with E-state index in [2.05, 4.69) is 10.4 Å². The van der Waals surface area contributed by atoms with Crippen molar-refractivity contribution >= 4 is 17.4 Å². The van der Waals surface area contributed by atoms with E-state index in [1.165, 1.54) is 6.20 Å². The zero-order chi connectivity index (χ0) is 17.5. The van der Waals surface area contributed by atoms with E-state index in [0.717, 1.165) is 0 Å². The monoisotopic (exact) mass is 331 g/mol. The van der Waals surface area contributed by atoms with Crippen molar-refractivity contribution in [2.24, 2.45) is 5.41 Å². The van der Waals surface area contributed by atoms with Crippen LogP contribution in [0.25, 0.3) is 5.52 Å². The highest BCUT2D eigenvalue weighted by atomic mass is 16.5. The molecular formula is C17H21N3O4. The Morgan fingerprint density at radius 3 is 2.83 bits per heavy atom. The fraction of sp³-hybridized carbons (Fsp3) is 0.471. The summed E-state index contributed by atoms with van der Waals surface area (Å²) in [5.41, 5.74) is -1.08. The summed E-state index contributed by atoms with van der Waals surface area (Å²) in [5, 5.41) is 16.6. The minimum Gasteiger partial charge on any atom is -0.479 e. The molecule has 2 aromatic heterocycles. The van der Waals surface area contributed by atoms with E-state index in [-0.39, 0.29) is 12.5 Å². The van der Waals surface area contributed by atoms with Gasteiger partial charge in [0.05, 0.1) is 23.4 Å². The standard InChI is InChI=1S/C17H21N3O4/c1-4-24-13-9-17(15(22)23,16(13,2)3)19-14(21)11-10-18-20-8-6-5-7-12(11)20/h5-8,10,13H,4,9H2,1-3H3,(H,19,21)(H,22,23)/t13-,17-/m1/s1. The van der Waals surface area contributed by atoms with Crippen LogP contribution in [0.1, 0.15) is 37.6 Å². The molecule has 0 aromatic carbocycles. The lowest BCUT2D eigenvalue weighted by molar-refractivity contribution is -0.190. The van der Waals surface area contributed by atoms with Crippen molar-refractivity contribution < 1.29 is 19.4 Å². The fourth-order valence-corrected chi connectivity index (χ4v) is 3.41. The molecule has 1 amide bonds. The molecule has 0 saturated heterocycles. The maximum Gasteiger partial charge on any atom is 0.330 e. The minimum absolute atomic E-state index is 0.206. The Morgan fingerprint density at radius 1 is 1.46 bits per heavy atom. The van der Waals surface area contributed by atoms with Crippen LogP contribution >= 0.6 is 0 Å². The van der Waals surface area contributed by atoms with Crippen molar-refractivity contribution in [1.29, 1.82) is 0 Å². The second-order valence-corrected chi connectivity index (χ2v) is 6.62. The molecule has 2 atom stereocenters. The summed E-state index contributed by atoms with van der Waals surface area (Å²) >= 11 is 0. The summed E-state index contributed by atoms with van der Waals surface area (Å²) in [6, 6.07) is 5.38. The molecule has 1 aliphatic rings. The van der Waals surface area contributed by atoms with Gasteiger partial charge in [0.1, 0.15) is 5.54 Å². The van der Waals surface area contributed by atoms with E-state index in [9.17, 15) is 14.7 Å². The number of amides is 1. The Hall–Kier alpha value is -2.41. The summed E-state index contributed by atoms with van der Waals surface area (Å²) in [7, 11) is 0. The highest BCUT2D eigenvalue weighted by molar-refractivity contribution is 6.03. The topological polar surface area (TPSA) is 92.9 Å². The van der Waals surface area contributed by atoms with E-state index in [4.69, 9.17) is 4.74 Å². The Morgan fingerprint density at radius 2 is 2.21 bits per heavy atom. The van der Waals surface area contributed by atoms with Crippen molar-refractivity contribution in [3.63, 3.8) is 0 Å². The van der Waals surface area contributed by atoms with E-state index >= 15 is 0 Å². The molecule has 0 bridgehead atoms. The van der Waals surface area contributed by atoms with Gasteiger partial charge in [-0.3, -0.25) is 4.79 Å². The number of fused-ring (bicyclic) bond motifs is 1. The zero-order valence-corrected chi connectivity index (χ0v) is 13.9. The van der Waals surface area contributed by atoms with E-state index in [0.29, 0.717) is 17.7 Å². The van der Waals surface area contributed by atoms with Crippen molar-refractivity contribution in [3.8, 4) is 0 Å². The molecule has 7 nitrogen and oxygen atoms in total. The van der Waals surface area contributed by atoms with E-state index in [1.807, 2.05) is 13.0 Å². The van der Waals surface area contributed by atoms with Gasteiger partial charge in [0, 0.05) is 24.6 Å². The van der Waals surface area contributed by atoms with Gasteiger partial charge in [-0.15, -0.1) is 0 Å². The molecule has 1 aliphatic carbocycles. The number of nitrogens with zero attached hydrogens (tertiary/aromatic N) is 2. The van der Waals surface area contributed by atoms with Crippen molar-refractivity contribution in [2.75, 3.05) is 6.61 Å². The number of aliphatic carboxylic acids is 1. The molecule has 128 valence electrons. The quantitative estimate of drug-likeness (QED) is 0.870. The smallest absolute Gasteiger partial charge is 0.330 e. The second kappa shape index (κ2) is 5.59. The van der Waals surface area contributed by atoms with Crippen molar-refractivity contribution in [2.45, 2.75) is 38.8 Å². The summed E-state index contributed by atoms with van der Waals surface area (Å²) in [4.78, 5) is 24.7. The molecular weight excluding hydrogens is 310 g/mol. The maximum absolute atomic E-state index is 12.7. The Bertz CT molecular complexity index is 798. The summed E-state index contributed by atoms with van der Waals surface area (Å²) in [6.07, 6.45) is 3.22. The molecule has 0 spiro atoms. The van der Waals surface area contributed by atoms with Gasteiger partial charge in [0.25, 0.3) is 5.91 Å². The lowest BCUT2D eigenvalue weighted by atomic mass is 9.54. The van der Waals surface area contributed by atoms with Gasteiger partial charge in [-0.1, -0.05) is 19.9 Å². The van der Waals surface area contributed by atoms with Gasteiger partial charge < -0.3 is 15.2 Å². The normalized spacial score (nSPS) is 25.2. The van der Waals surface area contributed by atoms with Gasteiger partial charge in [0.15, 0.2) is 0 Å². The Balaban J connectivity index is 1.90. The highest BCUT2D eigenvalue weighted by Gasteiger charge is 2.66. The van der Waals surface area contributed by atoms with Crippen LogP contribution in [0.3, 0.4) is 0 Å². The molecule has 24 heavy (non-hydrogen) atoms. The van der Waals surface area contributed by atoms with Gasteiger partial charge in [-0.05, 0) is 19.1 Å². The number of carboxylic acid groups (broad SMARTS) is 1. The van der Waals surface area contributed by atoms with Crippen LogP contribution in [0, 0.1) is 5.41 Å². The SMILES string of the molecule is CCO[C@@H]1C[C@@](NC(=O)c2cnn3ccccc23)(C(=O)O)C1(C)C. The van der Waals surface area contributed by atoms with Gasteiger partial charge in [-0.2, -0.15) is 5.10 Å². The first-order valence-electron chi connectivity index (χ1n) is 7.93. The number of hydrogen-bond donors (Lipinski definition) is 2. The Labute approximate surface area is 139 Å².